The van der Waals surface area contributed by atoms with E-state index < -0.39 is 0 Å². The van der Waals surface area contributed by atoms with E-state index in [2.05, 4.69) is 44.3 Å². The van der Waals surface area contributed by atoms with Gasteiger partial charge in [-0.3, -0.25) is 9.59 Å². The van der Waals surface area contributed by atoms with Crippen LogP contribution in [0.25, 0.3) is 0 Å². The zero-order valence-corrected chi connectivity index (χ0v) is 17.6. The largest absolute Gasteiger partial charge is 0.352 e. The fraction of sp³-hybridized carbons (Fsp3) is 0.565. The lowest BCUT2D eigenvalue weighted by Crippen LogP contribution is -2.44. The first-order valence-corrected chi connectivity index (χ1v) is 11.2. The van der Waals surface area contributed by atoms with E-state index in [1.54, 1.807) is 4.90 Å². The average Bonchev–Trinajstić information content (AvgIpc) is 2.88. The minimum atomic E-state index is -0.0442. The number of nitrogens with zero attached hydrogens (tertiary/aromatic N) is 4. The molecule has 30 heavy (non-hydrogen) atoms. The maximum atomic E-state index is 12.5. The topological polar surface area (TPSA) is 80.1 Å². The SMILES string of the molecule is O=C(CN1CCCCCC1=O)NC1CCc2nnc(CCc3ccccc3)n2CC1. The van der Waals surface area contributed by atoms with Crippen molar-refractivity contribution in [3.63, 3.8) is 0 Å². The van der Waals surface area contributed by atoms with Crippen LogP contribution in [0.5, 0.6) is 0 Å². The van der Waals surface area contributed by atoms with E-state index in [9.17, 15) is 9.59 Å². The monoisotopic (exact) mass is 409 g/mol. The van der Waals surface area contributed by atoms with E-state index in [1.807, 2.05) is 6.07 Å². The molecule has 1 atom stereocenters. The van der Waals surface area contributed by atoms with Crippen LogP contribution in [-0.2, 0) is 35.4 Å². The number of aromatic nitrogens is 3. The first kappa shape index (κ1) is 20.6. The zero-order valence-electron chi connectivity index (χ0n) is 17.6. The number of carbonyl (C=O) groups is 2. The first-order valence-electron chi connectivity index (χ1n) is 11.2. The quantitative estimate of drug-likeness (QED) is 0.794. The Bertz CT molecular complexity index is 864. The van der Waals surface area contributed by atoms with Crippen molar-refractivity contribution < 1.29 is 9.59 Å². The number of aryl methyl sites for hydroxylation is 3. The van der Waals surface area contributed by atoms with E-state index in [1.165, 1.54) is 5.56 Å². The van der Waals surface area contributed by atoms with Crippen LogP contribution in [-0.4, -0.2) is 50.6 Å². The highest BCUT2D eigenvalue weighted by Crippen LogP contribution is 2.17. The van der Waals surface area contributed by atoms with Crippen LogP contribution in [0.4, 0.5) is 0 Å². The highest BCUT2D eigenvalue weighted by molar-refractivity contribution is 5.85. The Labute approximate surface area is 177 Å². The van der Waals surface area contributed by atoms with Crippen LogP contribution in [0.1, 0.15) is 55.7 Å². The van der Waals surface area contributed by atoms with Crippen molar-refractivity contribution in [3.05, 3.63) is 47.5 Å². The molecule has 1 saturated heterocycles. The summed E-state index contributed by atoms with van der Waals surface area (Å²) in [6.07, 6.45) is 7.91. The maximum absolute atomic E-state index is 12.5. The molecule has 2 aliphatic heterocycles. The Kier molecular flexibility index (Phi) is 6.77. The van der Waals surface area contributed by atoms with Crippen molar-refractivity contribution in [1.29, 1.82) is 0 Å². The standard InChI is InChI=1S/C23H31N5O2/c29-22(17-27-15-6-2-5-9-23(27)30)24-19-11-13-21-26-25-20(28(21)16-14-19)12-10-18-7-3-1-4-8-18/h1,3-4,7-8,19H,2,5-6,9-17H2,(H,24,29). The number of rotatable bonds is 6. The third-order valence-electron chi connectivity index (χ3n) is 6.17. The van der Waals surface area contributed by atoms with Crippen LogP contribution >= 0.6 is 0 Å². The number of carbonyl (C=O) groups excluding carboxylic acids is 2. The highest BCUT2D eigenvalue weighted by atomic mass is 16.2. The molecule has 1 aromatic heterocycles. The summed E-state index contributed by atoms with van der Waals surface area (Å²) in [5.41, 5.74) is 1.30. The van der Waals surface area contributed by atoms with Crippen LogP contribution in [0.2, 0.25) is 0 Å². The van der Waals surface area contributed by atoms with Gasteiger partial charge in [0.15, 0.2) is 0 Å². The molecule has 7 heteroatoms. The lowest BCUT2D eigenvalue weighted by atomic mass is 10.1. The molecule has 3 heterocycles. The summed E-state index contributed by atoms with van der Waals surface area (Å²) in [6, 6.07) is 10.5. The summed E-state index contributed by atoms with van der Waals surface area (Å²) in [5.74, 6) is 2.10. The van der Waals surface area contributed by atoms with Crippen molar-refractivity contribution in [2.24, 2.45) is 0 Å². The van der Waals surface area contributed by atoms with E-state index >= 15 is 0 Å². The number of likely N-dealkylation sites (tertiary alicyclic amines) is 1. The summed E-state index contributed by atoms with van der Waals surface area (Å²) in [7, 11) is 0. The number of hydrogen-bond acceptors (Lipinski definition) is 4. The molecule has 1 unspecified atom stereocenters. The normalized spacial score (nSPS) is 19.7. The van der Waals surface area contributed by atoms with E-state index in [4.69, 9.17) is 0 Å². The van der Waals surface area contributed by atoms with Crippen LogP contribution < -0.4 is 5.32 Å². The minimum absolute atomic E-state index is 0.0442. The smallest absolute Gasteiger partial charge is 0.239 e. The van der Waals surface area contributed by atoms with Crippen LogP contribution in [0, 0.1) is 0 Å². The predicted octanol–water partition coefficient (Wildman–Crippen LogP) is 2.29. The van der Waals surface area contributed by atoms with Gasteiger partial charge in [-0.1, -0.05) is 36.8 Å². The molecule has 160 valence electrons. The molecule has 2 aromatic rings. The van der Waals surface area contributed by atoms with E-state index in [0.717, 1.165) is 69.6 Å². The molecule has 0 saturated carbocycles. The molecular weight excluding hydrogens is 378 g/mol. The van der Waals surface area contributed by atoms with E-state index in [0.29, 0.717) is 13.0 Å². The van der Waals surface area contributed by atoms with E-state index in [-0.39, 0.29) is 24.4 Å². The number of hydrogen-bond donors (Lipinski definition) is 1. The molecule has 4 rings (SSSR count). The fourth-order valence-corrected chi connectivity index (χ4v) is 4.43. The summed E-state index contributed by atoms with van der Waals surface area (Å²) < 4.78 is 2.23. The lowest BCUT2D eigenvalue weighted by Gasteiger charge is -2.22. The third kappa shape index (κ3) is 5.26. The van der Waals surface area contributed by atoms with Gasteiger partial charge in [0.1, 0.15) is 11.6 Å². The van der Waals surface area contributed by atoms with Gasteiger partial charge in [-0.05, 0) is 37.7 Å². The third-order valence-corrected chi connectivity index (χ3v) is 6.17. The van der Waals surface area contributed by atoms with Gasteiger partial charge in [0.2, 0.25) is 11.8 Å². The number of benzene rings is 1. The molecular formula is C23H31N5O2. The Balaban J connectivity index is 1.29. The Hall–Kier alpha value is -2.70. The van der Waals surface area contributed by atoms with Crippen molar-refractivity contribution in [2.45, 2.75) is 70.4 Å². The van der Waals surface area contributed by atoms with Gasteiger partial charge in [-0.25, -0.2) is 0 Å². The first-order chi connectivity index (χ1) is 14.7. The minimum Gasteiger partial charge on any atom is -0.352 e. The van der Waals surface area contributed by atoms with Gasteiger partial charge in [-0.15, -0.1) is 10.2 Å². The Morgan fingerprint density at radius 2 is 1.87 bits per heavy atom. The molecule has 1 fully saturated rings. The predicted molar refractivity (Wildman–Crippen MR) is 114 cm³/mol. The summed E-state index contributed by atoms with van der Waals surface area (Å²) in [6.45, 7) is 1.70. The van der Waals surface area contributed by atoms with Crippen LogP contribution in [0.15, 0.2) is 30.3 Å². The number of amides is 2. The second kappa shape index (κ2) is 9.87. The lowest BCUT2D eigenvalue weighted by molar-refractivity contribution is -0.135. The molecule has 7 nitrogen and oxygen atoms in total. The van der Waals surface area contributed by atoms with Crippen molar-refractivity contribution in [2.75, 3.05) is 13.1 Å². The van der Waals surface area contributed by atoms with Gasteiger partial charge in [-0.2, -0.15) is 0 Å². The van der Waals surface area contributed by atoms with Gasteiger partial charge in [0, 0.05) is 38.4 Å². The van der Waals surface area contributed by atoms with Gasteiger partial charge >= 0.3 is 0 Å². The number of nitrogens with one attached hydrogen (secondary N) is 1. The average molecular weight is 410 g/mol. The van der Waals surface area contributed by atoms with Gasteiger partial charge in [0.25, 0.3) is 0 Å². The molecule has 1 aromatic carbocycles. The van der Waals surface area contributed by atoms with Crippen LogP contribution in [0.3, 0.4) is 0 Å². The number of fused-ring (bicyclic) bond motifs is 1. The second-order valence-electron chi connectivity index (χ2n) is 8.39. The van der Waals surface area contributed by atoms with Gasteiger partial charge < -0.3 is 14.8 Å². The molecule has 0 radical (unpaired) electrons. The van der Waals surface area contributed by atoms with Gasteiger partial charge in [0.05, 0.1) is 6.54 Å². The Morgan fingerprint density at radius 1 is 1.00 bits per heavy atom. The molecule has 2 amide bonds. The Morgan fingerprint density at radius 3 is 2.73 bits per heavy atom. The van der Waals surface area contributed by atoms with Crippen molar-refractivity contribution in [3.8, 4) is 0 Å². The highest BCUT2D eigenvalue weighted by Gasteiger charge is 2.24. The molecule has 0 spiro atoms. The van der Waals surface area contributed by atoms with Crippen molar-refractivity contribution >= 4 is 11.8 Å². The summed E-state index contributed by atoms with van der Waals surface area (Å²) >= 11 is 0. The maximum Gasteiger partial charge on any atom is 0.239 e. The molecule has 0 aliphatic carbocycles. The molecule has 1 N–H and O–H groups in total. The fourth-order valence-electron chi connectivity index (χ4n) is 4.43. The molecule has 2 aliphatic rings. The summed E-state index contributed by atoms with van der Waals surface area (Å²) in [5, 5.41) is 12.0. The summed E-state index contributed by atoms with van der Waals surface area (Å²) in [4.78, 5) is 26.4. The van der Waals surface area contributed by atoms with Crippen molar-refractivity contribution in [1.82, 2.24) is 25.0 Å². The zero-order chi connectivity index (χ0) is 20.8. The molecule has 0 bridgehead atoms. The second-order valence-corrected chi connectivity index (χ2v) is 8.39.